The van der Waals surface area contributed by atoms with Crippen LogP contribution in [0.15, 0.2) is 23.0 Å². The Morgan fingerprint density at radius 2 is 1.62 bits per heavy atom. The summed E-state index contributed by atoms with van der Waals surface area (Å²) in [5.41, 5.74) is -2.23. The summed E-state index contributed by atoms with van der Waals surface area (Å²) in [6.45, 7) is 15.4. The van der Waals surface area contributed by atoms with Crippen molar-refractivity contribution in [2.75, 3.05) is 7.11 Å². The van der Waals surface area contributed by atoms with Gasteiger partial charge < -0.3 is 33.2 Å². The monoisotopic (exact) mass is 672 g/mol. The summed E-state index contributed by atoms with van der Waals surface area (Å²) >= 11 is 0. The molecule has 14 unspecified atom stereocenters. The summed E-state index contributed by atoms with van der Waals surface area (Å²) in [5.74, 6) is -7.82. The summed E-state index contributed by atoms with van der Waals surface area (Å²) < 4.78 is 36.7. The highest BCUT2D eigenvalue weighted by atomic mass is 16.7. The third-order valence-corrected chi connectivity index (χ3v) is 13.3. The minimum Gasteiger partial charge on any atom is -0.472 e. The number of carbonyl (C=O) groups excluding carboxylic acids is 4. The van der Waals surface area contributed by atoms with E-state index in [1.54, 1.807) is 32.4 Å². The van der Waals surface area contributed by atoms with Gasteiger partial charge in [-0.25, -0.2) is 0 Å². The highest BCUT2D eigenvalue weighted by molar-refractivity contribution is 5.74. The van der Waals surface area contributed by atoms with E-state index in [4.69, 9.17) is 28.1 Å². The third kappa shape index (κ3) is 4.72. The number of furan rings is 1. The van der Waals surface area contributed by atoms with Gasteiger partial charge in [0, 0.05) is 40.6 Å². The van der Waals surface area contributed by atoms with Gasteiger partial charge in [0.25, 0.3) is 0 Å². The minimum atomic E-state index is -1.94. The SMILES string of the molecule is CCC(C)C(=O)OC1C2C(OC(=O)C(C)CC)C34OC2(O)C(C(CC(=O)OC)C1(C)C)C3C(C)CC1(C)C(c2ccoc2)OC(=O)CC14. The Kier molecular flexibility index (Phi) is 8.62. The van der Waals surface area contributed by atoms with E-state index in [0.29, 0.717) is 24.8 Å². The molecule has 0 amide bonds. The lowest BCUT2D eigenvalue weighted by atomic mass is 9.39. The number of carbonyl (C=O) groups is 4. The first-order valence-corrected chi connectivity index (χ1v) is 17.6. The third-order valence-electron chi connectivity index (χ3n) is 13.3. The van der Waals surface area contributed by atoms with E-state index in [-0.39, 0.29) is 18.8 Å². The van der Waals surface area contributed by atoms with Gasteiger partial charge in [0.2, 0.25) is 0 Å². The number of ether oxygens (including phenoxy) is 5. The fraction of sp³-hybridized carbons (Fsp3) is 0.784. The molecular formula is C37H52O11. The van der Waals surface area contributed by atoms with Gasteiger partial charge in [-0.05, 0) is 37.2 Å². The second-order valence-corrected chi connectivity index (χ2v) is 16.2. The Bertz CT molecular complexity index is 1440. The molecule has 2 saturated carbocycles. The lowest BCUT2D eigenvalue weighted by Crippen LogP contribution is -2.74. The van der Waals surface area contributed by atoms with Gasteiger partial charge in [-0.15, -0.1) is 0 Å². The van der Waals surface area contributed by atoms with Crippen molar-refractivity contribution in [1.29, 1.82) is 0 Å². The van der Waals surface area contributed by atoms with Crippen molar-refractivity contribution >= 4 is 23.9 Å². The van der Waals surface area contributed by atoms with E-state index in [2.05, 4.69) is 13.8 Å². The molecule has 0 aromatic carbocycles. The second kappa shape index (κ2) is 11.9. The Labute approximate surface area is 282 Å². The molecule has 2 bridgehead atoms. The van der Waals surface area contributed by atoms with Gasteiger partial charge in [0.15, 0.2) is 5.79 Å². The van der Waals surface area contributed by atoms with E-state index >= 15 is 0 Å². The summed E-state index contributed by atoms with van der Waals surface area (Å²) in [6.07, 6.45) is 2.02. The second-order valence-electron chi connectivity index (χ2n) is 16.2. The largest absolute Gasteiger partial charge is 0.472 e. The number of cyclic esters (lactones) is 1. The van der Waals surface area contributed by atoms with Crippen molar-refractivity contribution in [3.05, 3.63) is 24.2 Å². The van der Waals surface area contributed by atoms with Crippen LogP contribution in [0.5, 0.6) is 0 Å². The first-order chi connectivity index (χ1) is 22.5. The van der Waals surface area contributed by atoms with E-state index in [9.17, 15) is 24.3 Å². The molecule has 14 atom stereocenters. The van der Waals surface area contributed by atoms with Crippen molar-refractivity contribution < 1.29 is 52.4 Å². The summed E-state index contributed by atoms with van der Waals surface area (Å²) in [5, 5.41) is 13.1. The van der Waals surface area contributed by atoms with E-state index in [1.807, 2.05) is 27.7 Å². The molecule has 3 saturated heterocycles. The molecule has 48 heavy (non-hydrogen) atoms. The number of rotatable bonds is 9. The Balaban J connectivity index is 1.59. The molecule has 1 N–H and O–H groups in total. The van der Waals surface area contributed by atoms with Gasteiger partial charge in [-0.1, -0.05) is 55.4 Å². The molecular weight excluding hydrogens is 620 g/mol. The van der Waals surface area contributed by atoms with Crippen LogP contribution >= 0.6 is 0 Å². The zero-order valence-electron chi connectivity index (χ0n) is 29.6. The maximum absolute atomic E-state index is 13.8. The summed E-state index contributed by atoms with van der Waals surface area (Å²) in [7, 11) is 1.33. The zero-order chi connectivity index (χ0) is 35.1. The van der Waals surface area contributed by atoms with Crippen LogP contribution in [0, 0.1) is 58.2 Å². The molecule has 2 aliphatic carbocycles. The average Bonchev–Trinajstić information content (AvgIpc) is 3.73. The van der Waals surface area contributed by atoms with Crippen LogP contribution in [0.25, 0.3) is 0 Å². The van der Waals surface area contributed by atoms with Crippen molar-refractivity contribution in [2.24, 2.45) is 58.2 Å². The van der Waals surface area contributed by atoms with Crippen LogP contribution in [0.3, 0.4) is 0 Å². The van der Waals surface area contributed by atoms with Crippen molar-refractivity contribution in [3.8, 4) is 0 Å². The number of esters is 4. The fourth-order valence-electron chi connectivity index (χ4n) is 10.7. The van der Waals surface area contributed by atoms with Gasteiger partial charge in [-0.2, -0.15) is 0 Å². The summed E-state index contributed by atoms with van der Waals surface area (Å²) in [4.78, 5) is 54.1. The molecule has 11 nitrogen and oxygen atoms in total. The molecule has 1 aromatic heterocycles. The molecule has 5 aliphatic rings. The Hall–Kier alpha value is -2.92. The van der Waals surface area contributed by atoms with Gasteiger partial charge in [0.05, 0.1) is 43.8 Å². The van der Waals surface area contributed by atoms with Crippen molar-refractivity contribution in [2.45, 2.75) is 117 Å². The molecule has 11 heteroatoms. The van der Waals surface area contributed by atoms with Gasteiger partial charge >= 0.3 is 23.9 Å². The number of aliphatic hydroxyl groups is 1. The number of methoxy groups -OCH3 is 1. The van der Waals surface area contributed by atoms with Crippen LogP contribution in [0.4, 0.5) is 0 Å². The molecule has 6 rings (SSSR count). The average molecular weight is 673 g/mol. The molecule has 3 aliphatic heterocycles. The van der Waals surface area contributed by atoms with Crippen LogP contribution in [0.2, 0.25) is 0 Å². The molecule has 5 fully saturated rings. The number of fused-ring (bicyclic) bond motifs is 2. The highest BCUT2D eigenvalue weighted by Crippen LogP contribution is 2.78. The smallest absolute Gasteiger partial charge is 0.309 e. The molecule has 266 valence electrons. The van der Waals surface area contributed by atoms with Gasteiger partial charge in [0.1, 0.15) is 23.9 Å². The highest BCUT2D eigenvalue weighted by Gasteiger charge is 2.88. The first-order valence-electron chi connectivity index (χ1n) is 17.6. The predicted octanol–water partition coefficient (Wildman–Crippen LogP) is 5.38. The molecule has 0 radical (unpaired) electrons. The van der Waals surface area contributed by atoms with Gasteiger partial charge in [-0.3, -0.25) is 19.2 Å². The van der Waals surface area contributed by atoms with E-state index in [1.165, 1.54) is 7.11 Å². The standard InChI is InChI=1S/C37H52O11/c1-10-18(3)32(40)46-30-28-31(47-33(41)19(4)11-2)36-23-15-25(39)45-29(21-12-13-44-17-21)35(23,8)16-20(5)26(36)27(37(28,42)48-36)22(34(30,6)7)14-24(38)43-9/h12-13,17-20,22-23,26-31,42H,10-11,14-16H2,1-9H3. The van der Waals surface area contributed by atoms with Crippen LogP contribution in [0.1, 0.15) is 99.2 Å². The Morgan fingerprint density at radius 1 is 1.00 bits per heavy atom. The first kappa shape index (κ1) is 34.9. The lowest BCUT2D eigenvalue weighted by molar-refractivity contribution is -0.294. The van der Waals surface area contributed by atoms with Crippen molar-refractivity contribution in [3.63, 3.8) is 0 Å². The van der Waals surface area contributed by atoms with Crippen LogP contribution < -0.4 is 0 Å². The number of hydrogen-bond donors (Lipinski definition) is 1. The lowest BCUT2D eigenvalue weighted by Gasteiger charge is -2.65. The molecule has 1 spiro atoms. The maximum atomic E-state index is 13.8. The minimum absolute atomic E-state index is 0.0244. The topological polar surface area (TPSA) is 148 Å². The van der Waals surface area contributed by atoms with Crippen LogP contribution in [-0.4, -0.2) is 59.7 Å². The van der Waals surface area contributed by atoms with E-state index in [0.717, 1.165) is 0 Å². The molecule has 1 aromatic rings. The number of hydrogen-bond acceptors (Lipinski definition) is 11. The normalized spacial score (nSPS) is 43.3. The summed E-state index contributed by atoms with van der Waals surface area (Å²) in [6, 6.07) is 1.79. The van der Waals surface area contributed by atoms with Crippen molar-refractivity contribution in [1.82, 2.24) is 0 Å². The molecule has 4 heterocycles. The maximum Gasteiger partial charge on any atom is 0.309 e. The zero-order valence-corrected chi connectivity index (χ0v) is 29.6. The Morgan fingerprint density at radius 3 is 2.19 bits per heavy atom. The predicted molar refractivity (Wildman–Crippen MR) is 169 cm³/mol. The van der Waals surface area contributed by atoms with Crippen LogP contribution in [-0.2, 0) is 42.9 Å². The quantitative estimate of drug-likeness (QED) is 0.266. The van der Waals surface area contributed by atoms with E-state index < -0.39 is 106 Å². The fourth-order valence-corrected chi connectivity index (χ4v) is 10.7.